The molecule has 1 fully saturated rings. The number of hydrogen-bond acceptors (Lipinski definition) is 5. The standard InChI is InChI=1S/C23H31N3O2/c1-27-22-12-20-16-26(17-21(20)13-23(22)28-2)15-19-7-11-25(14-19)10-3-4-18-5-8-24-9-6-18/h5-6,8-9,12-13,19H,3-4,7,10-11,14-17H2,1-2H3. The molecule has 0 N–H and O–H groups in total. The van der Waals surface area contributed by atoms with Crippen molar-refractivity contribution < 1.29 is 9.47 Å². The number of hydrogen-bond donors (Lipinski definition) is 0. The van der Waals surface area contributed by atoms with Crippen LogP contribution in [0.2, 0.25) is 0 Å². The lowest BCUT2D eigenvalue weighted by atomic mass is 10.1. The molecular formula is C23H31N3O2. The van der Waals surface area contributed by atoms with E-state index in [4.69, 9.17) is 9.47 Å². The number of likely N-dealkylation sites (tertiary alicyclic amines) is 1. The van der Waals surface area contributed by atoms with Gasteiger partial charge in [-0.05, 0) is 79.2 Å². The second-order valence-electron chi connectivity index (χ2n) is 8.06. The summed E-state index contributed by atoms with van der Waals surface area (Å²) < 4.78 is 10.9. The summed E-state index contributed by atoms with van der Waals surface area (Å²) in [5, 5.41) is 0. The van der Waals surface area contributed by atoms with Crippen LogP contribution < -0.4 is 9.47 Å². The third kappa shape index (κ3) is 4.47. The quantitative estimate of drug-likeness (QED) is 0.701. The van der Waals surface area contributed by atoms with E-state index in [9.17, 15) is 0 Å². The van der Waals surface area contributed by atoms with Gasteiger partial charge < -0.3 is 14.4 Å². The molecule has 1 aromatic heterocycles. The minimum atomic E-state index is 0.777. The van der Waals surface area contributed by atoms with E-state index in [1.807, 2.05) is 12.4 Å². The van der Waals surface area contributed by atoms with Crippen molar-refractivity contribution in [2.75, 3.05) is 40.4 Å². The van der Waals surface area contributed by atoms with Crippen molar-refractivity contribution in [3.63, 3.8) is 0 Å². The highest BCUT2D eigenvalue weighted by atomic mass is 16.5. The highest BCUT2D eigenvalue weighted by Crippen LogP contribution is 2.35. The molecule has 1 unspecified atom stereocenters. The Labute approximate surface area is 168 Å². The maximum absolute atomic E-state index is 5.46. The first-order valence-corrected chi connectivity index (χ1v) is 10.3. The Morgan fingerprint density at radius 3 is 2.32 bits per heavy atom. The molecule has 150 valence electrons. The van der Waals surface area contributed by atoms with Gasteiger partial charge in [-0.15, -0.1) is 0 Å². The van der Waals surface area contributed by atoms with Crippen molar-refractivity contribution in [2.24, 2.45) is 5.92 Å². The van der Waals surface area contributed by atoms with Crippen molar-refractivity contribution in [2.45, 2.75) is 32.4 Å². The second kappa shape index (κ2) is 8.93. The number of nitrogens with zero attached hydrogens (tertiary/aromatic N) is 3. The molecule has 0 spiro atoms. The summed E-state index contributed by atoms with van der Waals surface area (Å²) >= 11 is 0. The van der Waals surface area contributed by atoms with Crippen LogP contribution in [0.5, 0.6) is 11.5 Å². The molecule has 3 heterocycles. The molecule has 0 bridgehead atoms. The first-order valence-electron chi connectivity index (χ1n) is 10.3. The number of methoxy groups -OCH3 is 2. The molecule has 0 radical (unpaired) electrons. The summed E-state index contributed by atoms with van der Waals surface area (Å²) in [6.45, 7) is 6.90. The normalized spacial score (nSPS) is 19.7. The molecule has 0 amide bonds. The van der Waals surface area contributed by atoms with Crippen LogP contribution in [0.15, 0.2) is 36.7 Å². The van der Waals surface area contributed by atoms with E-state index in [1.54, 1.807) is 14.2 Å². The molecular weight excluding hydrogens is 350 g/mol. The Hall–Kier alpha value is -2.11. The summed E-state index contributed by atoms with van der Waals surface area (Å²) in [4.78, 5) is 9.31. The Balaban J connectivity index is 1.23. The van der Waals surface area contributed by atoms with Crippen LogP contribution in [0.1, 0.15) is 29.5 Å². The SMILES string of the molecule is COc1cc2c(cc1OC)CN(CC1CCN(CCCc3ccncc3)C1)C2. The van der Waals surface area contributed by atoms with Crippen molar-refractivity contribution in [3.8, 4) is 11.5 Å². The Kier molecular flexibility index (Phi) is 6.13. The average molecular weight is 382 g/mol. The van der Waals surface area contributed by atoms with Crippen LogP contribution in [-0.2, 0) is 19.5 Å². The van der Waals surface area contributed by atoms with Crippen molar-refractivity contribution in [3.05, 3.63) is 53.3 Å². The largest absolute Gasteiger partial charge is 0.493 e. The van der Waals surface area contributed by atoms with E-state index in [0.29, 0.717) is 0 Å². The number of fused-ring (bicyclic) bond motifs is 1. The smallest absolute Gasteiger partial charge is 0.161 e. The number of aromatic nitrogens is 1. The number of pyridine rings is 1. The molecule has 0 saturated carbocycles. The molecule has 5 heteroatoms. The summed E-state index contributed by atoms with van der Waals surface area (Å²) in [5.74, 6) is 2.45. The lowest BCUT2D eigenvalue weighted by Gasteiger charge is -2.20. The summed E-state index contributed by atoms with van der Waals surface area (Å²) in [7, 11) is 3.41. The van der Waals surface area contributed by atoms with Gasteiger partial charge in [-0.1, -0.05) is 0 Å². The number of benzene rings is 1. The van der Waals surface area contributed by atoms with Gasteiger partial charge >= 0.3 is 0 Å². The minimum absolute atomic E-state index is 0.777. The molecule has 2 aliphatic rings. The second-order valence-corrected chi connectivity index (χ2v) is 8.06. The van der Waals surface area contributed by atoms with Crippen molar-refractivity contribution >= 4 is 0 Å². The molecule has 2 aromatic rings. The lowest BCUT2D eigenvalue weighted by molar-refractivity contribution is 0.229. The van der Waals surface area contributed by atoms with Crippen LogP contribution in [0.4, 0.5) is 0 Å². The van der Waals surface area contributed by atoms with Gasteiger partial charge in [-0.25, -0.2) is 0 Å². The Bertz CT molecular complexity index is 748. The fraction of sp³-hybridized carbons (Fsp3) is 0.522. The molecule has 1 saturated heterocycles. The van der Waals surface area contributed by atoms with Crippen molar-refractivity contribution in [1.29, 1.82) is 0 Å². The maximum atomic E-state index is 5.46. The zero-order valence-corrected chi connectivity index (χ0v) is 17.1. The van der Waals surface area contributed by atoms with E-state index >= 15 is 0 Å². The molecule has 1 atom stereocenters. The molecule has 28 heavy (non-hydrogen) atoms. The molecule has 0 aliphatic carbocycles. The third-order valence-electron chi connectivity index (χ3n) is 6.07. The highest BCUT2D eigenvalue weighted by molar-refractivity contribution is 5.48. The van der Waals surface area contributed by atoms with Gasteiger partial charge in [0.1, 0.15) is 0 Å². The summed E-state index contributed by atoms with van der Waals surface area (Å²) in [6.07, 6.45) is 7.47. The zero-order valence-electron chi connectivity index (χ0n) is 17.1. The van der Waals surface area contributed by atoms with Crippen molar-refractivity contribution in [1.82, 2.24) is 14.8 Å². The first-order chi connectivity index (χ1) is 13.7. The summed E-state index contributed by atoms with van der Waals surface area (Å²) in [6, 6.07) is 8.55. The topological polar surface area (TPSA) is 37.8 Å². The van der Waals surface area contributed by atoms with Crippen LogP contribution in [-0.4, -0.2) is 55.2 Å². The highest BCUT2D eigenvalue weighted by Gasteiger charge is 2.28. The van der Waals surface area contributed by atoms with Gasteiger partial charge in [0.15, 0.2) is 11.5 Å². The first kappa shape index (κ1) is 19.2. The predicted octanol–water partition coefficient (Wildman–Crippen LogP) is 3.37. The maximum Gasteiger partial charge on any atom is 0.161 e. The van der Waals surface area contributed by atoms with Gasteiger partial charge in [-0.2, -0.15) is 0 Å². The van der Waals surface area contributed by atoms with E-state index in [0.717, 1.165) is 36.9 Å². The number of ether oxygens (including phenoxy) is 2. The fourth-order valence-electron chi connectivity index (χ4n) is 4.61. The molecule has 4 rings (SSSR count). The Morgan fingerprint density at radius 1 is 1.00 bits per heavy atom. The predicted molar refractivity (Wildman–Crippen MR) is 111 cm³/mol. The van der Waals surface area contributed by atoms with Crippen LogP contribution in [0.25, 0.3) is 0 Å². The van der Waals surface area contributed by atoms with Crippen LogP contribution in [0.3, 0.4) is 0 Å². The van der Waals surface area contributed by atoms with E-state index in [1.165, 1.54) is 55.7 Å². The minimum Gasteiger partial charge on any atom is -0.493 e. The van der Waals surface area contributed by atoms with E-state index < -0.39 is 0 Å². The van der Waals surface area contributed by atoms with Crippen LogP contribution >= 0.6 is 0 Å². The van der Waals surface area contributed by atoms with Gasteiger partial charge in [-0.3, -0.25) is 9.88 Å². The Morgan fingerprint density at radius 2 is 1.68 bits per heavy atom. The van der Waals surface area contributed by atoms with Gasteiger partial charge in [0.05, 0.1) is 14.2 Å². The number of aryl methyl sites for hydroxylation is 1. The van der Waals surface area contributed by atoms with Gasteiger partial charge in [0.25, 0.3) is 0 Å². The van der Waals surface area contributed by atoms with E-state index in [2.05, 4.69) is 39.0 Å². The molecule has 5 nitrogen and oxygen atoms in total. The molecule has 1 aromatic carbocycles. The summed E-state index contributed by atoms with van der Waals surface area (Å²) in [5.41, 5.74) is 4.15. The lowest BCUT2D eigenvalue weighted by Crippen LogP contribution is -2.28. The van der Waals surface area contributed by atoms with Gasteiger partial charge in [0.2, 0.25) is 0 Å². The van der Waals surface area contributed by atoms with E-state index in [-0.39, 0.29) is 0 Å². The third-order valence-corrected chi connectivity index (χ3v) is 6.07. The van der Waals surface area contributed by atoms with Crippen LogP contribution in [0, 0.1) is 5.92 Å². The van der Waals surface area contributed by atoms with Gasteiger partial charge in [0, 0.05) is 38.6 Å². The average Bonchev–Trinajstić information content (AvgIpc) is 3.33. The fourth-order valence-corrected chi connectivity index (χ4v) is 4.61. The zero-order chi connectivity index (χ0) is 19.3. The molecule has 2 aliphatic heterocycles. The monoisotopic (exact) mass is 381 g/mol. The number of rotatable bonds is 8.